The molecule has 0 unspecified atom stereocenters. The SMILES string of the molecule is COc1cc(/C=C/B(O)OC(C)(C)C(C)(C)O)cc(OC)c1. The lowest BCUT2D eigenvalue weighted by molar-refractivity contribution is -0.0984. The maximum absolute atomic E-state index is 10.0. The van der Waals surface area contributed by atoms with Crippen LogP contribution in [0.5, 0.6) is 11.5 Å². The van der Waals surface area contributed by atoms with Crippen molar-refractivity contribution in [2.75, 3.05) is 14.2 Å². The van der Waals surface area contributed by atoms with Gasteiger partial charge < -0.3 is 24.3 Å². The monoisotopic (exact) mass is 308 g/mol. The quantitative estimate of drug-likeness (QED) is 0.757. The third kappa shape index (κ3) is 5.05. The Bertz CT molecular complexity index is 498. The molecule has 0 aliphatic heterocycles. The first kappa shape index (κ1) is 18.6. The second kappa shape index (κ2) is 7.18. The van der Waals surface area contributed by atoms with E-state index in [2.05, 4.69) is 0 Å². The van der Waals surface area contributed by atoms with Gasteiger partial charge in [-0.05, 0) is 45.4 Å². The van der Waals surface area contributed by atoms with Gasteiger partial charge in [-0.2, -0.15) is 0 Å². The Morgan fingerprint density at radius 1 is 1.00 bits per heavy atom. The van der Waals surface area contributed by atoms with Crippen LogP contribution < -0.4 is 9.47 Å². The minimum atomic E-state index is -1.14. The van der Waals surface area contributed by atoms with Crippen molar-refractivity contribution in [2.24, 2.45) is 0 Å². The van der Waals surface area contributed by atoms with E-state index < -0.39 is 18.3 Å². The van der Waals surface area contributed by atoms with Crippen LogP contribution in [0.15, 0.2) is 24.2 Å². The van der Waals surface area contributed by atoms with Crippen molar-refractivity contribution < 1.29 is 24.3 Å². The highest BCUT2D eigenvalue weighted by atomic mass is 16.5. The van der Waals surface area contributed by atoms with Gasteiger partial charge in [0.15, 0.2) is 0 Å². The average Bonchev–Trinajstić information content (AvgIpc) is 2.43. The Labute approximate surface area is 132 Å². The third-order valence-corrected chi connectivity index (χ3v) is 3.72. The van der Waals surface area contributed by atoms with Crippen LogP contribution in [0.1, 0.15) is 33.3 Å². The fourth-order valence-electron chi connectivity index (χ4n) is 1.60. The van der Waals surface area contributed by atoms with Crippen molar-refractivity contribution in [3.8, 4) is 11.5 Å². The molecule has 0 heterocycles. The molecule has 2 N–H and O–H groups in total. The summed E-state index contributed by atoms with van der Waals surface area (Å²) in [6.07, 6.45) is 1.70. The van der Waals surface area contributed by atoms with Crippen LogP contribution >= 0.6 is 0 Å². The number of benzene rings is 1. The molecule has 0 saturated heterocycles. The molecular formula is C16H25BO5. The van der Waals surface area contributed by atoms with Crippen molar-refractivity contribution in [3.63, 3.8) is 0 Å². The topological polar surface area (TPSA) is 68.2 Å². The predicted octanol–water partition coefficient (Wildman–Crippen LogP) is 2.30. The zero-order chi connectivity index (χ0) is 17.0. The zero-order valence-electron chi connectivity index (χ0n) is 14.1. The van der Waals surface area contributed by atoms with Crippen LogP contribution in [0.4, 0.5) is 0 Å². The molecule has 0 radical (unpaired) electrons. The van der Waals surface area contributed by atoms with Gasteiger partial charge in [0.2, 0.25) is 0 Å². The summed E-state index contributed by atoms with van der Waals surface area (Å²) in [5.41, 5.74) is -1.18. The van der Waals surface area contributed by atoms with Crippen molar-refractivity contribution in [1.29, 1.82) is 0 Å². The van der Waals surface area contributed by atoms with Crippen LogP contribution in [-0.2, 0) is 4.65 Å². The van der Waals surface area contributed by atoms with E-state index in [0.29, 0.717) is 11.5 Å². The molecule has 0 aliphatic rings. The summed E-state index contributed by atoms with van der Waals surface area (Å²) < 4.78 is 15.9. The molecule has 6 heteroatoms. The Hall–Kier alpha value is -1.50. The number of methoxy groups -OCH3 is 2. The van der Waals surface area contributed by atoms with Gasteiger partial charge in [-0.1, -0.05) is 12.1 Å². The highest BCUT2D eigenvalue weighted by molar-refractivity contribution is 6.50. The lowest BCUT2D eigenvalue weighted by atomic mass is 9.82. The van der Waals surface area contributed by atoms with Gasteiger partial charge in [0.25, 0.3) is 0 Å². The molecule has 0 aromatic heterocycles. The summed E-state index contributed by atoms with van der Waals surface area (Å²) >= 11 is 0. The van der Waals surface area contributed by atoms with Crippen LogP contribution in [-0.4, -0.2) is 42.7 Å². The molecule has 1 aromatic carbocycles. The van der Waals surface area contributed by atoms with E-state index in [4.69, 9.17) is 14.1 Å². The average molecular weight is 308 g/mol. The van der Waals surface area contributed by atoms with Crippen LogP contribution in [0, 0.1) is 0 Å². The third-order valence-electron chi connectivity index (χ3n) is 3.72. The van der Waals surface area contributed by atoms with E-state index in [1.807, 2.05) is 12.1 Å². The molecule has 0 aliphatic carbocycles. The van der Waals surface area contributed by atoms with Gasteiger partial charge in [0, 0.05) is 6.07 Å². The van der Waals surface area contributed by atoms with E-state index in [1.54, 1.807) is 54.1 Å². The van der Waals surface area contributed by atoms with Crippen molar-refractivity contribution in [2.45, 2.75) is 38.9 Å². The molecular weight excluding hydrogens is 283 g/mol. The fraction of sp³-hybridized carbons (Fsp3) is 0.500. The van der Waals surface area contributed by atoms with E-state index >= 15 is 0 Å². The first-order chi connectivity index (χ1) is 10.1. The maximum Gasteiger partial charge on any atom is 0.483 e. The summed E-state index contributed by atoms with van der Waals surface area (Å²) in [5.74, 6) is 2.82. The minimum Gasteiger partial charge on any atom is -0.497 e. The smallest absolute Gasteiger partial charge is 0.483 e. The summed E-state index contributed by atoms with van der Waals surface area (Å²) in [7, 11) is 2.01. The van der Waals surface area contributed by atoms with Gasteiger partial charge in [0.1, 0.15) is 11.5 Å². The summed E-state index contributed by atoms with van der Waals surface area (Å²) in [6.45, 7) is 6.71. The van der Waals surface area contributed by atoms with Gasteiger partial charge in [-0.25, -0.2) is 0 Å². The number of rotatable bonds is 7. The number of hydrogen-bond donors (Lipinski definition) is 2. The molecule has 0 atom stereocenters. The maximum atomic E-state index is 10.0. The molecule has 0 bridgehead atoms. The van der Waals surface area contributed by atoms with Gasteiger partial charge in [-0.15, -0.1) is 0 Å². The zero-order valence-corrected chi connectivity index (χ0v) is 14.1. The lowest BCUT2D eigenvalue weighted by Crippen LogP contribution is -2.50. The van der Waals surface area contributed by atoms with Crippen LogP contribution in [0.2, 0.25) is 0 Å². The van der Waals surface area contributed by atoms with Crippen LogP contribution in [0.25, 0.3) is 6.08 Å². The molecule has 22 heavy (non-hydrogen) atoms. The lowest BCUT2D eigenvalue weighted by Gasteiger charge is -2.38. The van der Waals surface area contributed by atoms with E-state index in [-0.39, 0.29) is 0 Å². The molecule has 0 saturated carbocycles. The largest absolute Gasteiger partial charge is 0.497 e. The second-order valence-electron chi connectivity index (χ2n) is 6.08. The summed E-state index contributed by atoms with van der Waals surface area (Å²) in [6, 6.07) is 5.39. The molecule has 0 spiro atoms. The molecule has 122 valence electrons. The van der Waals surface area contributed by atoms with Crippen LogP contribution in [0.3, 0.4) is 0 Å². The minimum absolute atomic E-state index is 0.659. The molecule has 0 amide bonds. The van der Waals surface area contributed by atoms with E-state index in [9.17, 15) is 10.1 Å². The second-order valence-corrected chi connectivity index (χ2v) is 6.08. The molecule has 0 fully saturated rings. The Balaban J connectivity index is 2.84. The number of aliphatic hydroxyl groups is 1. The fourth-order valence-corrected chi connectivity index (χ4v) is 1.60. The predicted molar refractivity (Wildman–Crippen MR) is 88.0 cm³/mol. The molecule has 5 nitrogen and oxygen atoms in total. The van der Waals surface area contributed by atoms with Gasteiger partial charge >= 0.3 is 7.12 Å². The summed E-state index contributed by atoms with van der Waals surface area (Å²) in [5, 5.41) is 20.0. The number of ether oxygens (including phenoxy) is 2. The normalized spacial score (nSPS) is 12.5. The Morgan fingerprint density at radius 2 is 1.50 bits per heavy atom. The molecule has 1 rings (SSSR count). The van der Waals surface area contributed by atoms with Gasteiger partial charge in [0.05, 0.1) is 25.4 Å². The van der Waals surface area contributed by atoms with Crippen molar-refractivity contribution in [1.82, 2.24) is 0 Å². The van der Waals surface area contributed by atoms with Gasteiger partial charge in [-0.3, -0.25) is 0 Å². The first-order valence-electron chi connectivity index (χ1n) is 7.08. The van der Waals surface area contributed by atoms with Crippen molar-refractivity contribution in [3.05, 3.63) is 29.7 Å². The Morgan fingerprint density at radius 3 is 1.91 bits per heavy atom. The highest BCUT2D eigenvalue weighted by Gasteiger charge is 2.38. The van der Waals surface area contributed by atoms with E-state index in [1.165, 1.54) is 5.98 Å². The standard InChI is InChI=1S/C16H25BO5/c1-15(2,18)16(3,4)22-17(19)8-7-12-9-13(20-5)11-14(10-12)21-6/h7-11,18-19H,1-6H3/b8-7+. The van der Waals surface area contributed by atoms with Crippen molar-refractivity contribution >= 4 is 13.2 Å². The highest BCUT2D eigenvalue weighted by Crippen LogP contribution is 2.26. The summed E-state index contributed by atoms with van der Waals surface area (Å²) in [4.78, 5) is 0. The number of hydrogen-bond acceptors (Lipinski definition) is 5. The van der Waals surface area contributed by atoms with E-state index in [0.717, 1.165) is 5.56 Å². The Kier molecular flexibility index (Phi) is 6.05. The molecule has 1 aromatic rings. The first-order valence-corrected chi connectivity index (χ1v) is 7.08.